The molecule has 0 bridgehead atoms. The molecule has 1 saturated heterocycles. The van der Waals surface area contributed by atoms with Crippen LogP contribution in [0.4, 0.5) is 5.13 Å². The average Bonchev–Trinajstić information content (AvgIpc) is 3.59. The highest BCUT2D eigenvalue weighted by atomic mass is 35.5. The van der Waals surface area contributed by atoms with Gasteiger partial charge >= 0.3 is 5.91 Å². The van der Waals surface area contributed by atoms with Gasteiger partial charge in [0, 0.05) is 16.3 Å². The largest absolute Gasteiger partial charge is 0.507 e. The molecule has 1 atom stereocenters. The number of aliphatic hydroxyl groups is 1. The Kier molecular flexibility index (Phi) is 9.54. The Hall–Kier alpha value is -4.06. The van der Waals surface area contributed by atoms with E-state index in [1.54, 1.807) is 42.5 Å². The molecule has 2 heterocycles. The molecule has 1 aliphatic rings. The predicted octanol–water partition coefficient (Wildman–Crippen LogP) is 6.92. The summed E-state index contributed by atoms with van der Waals surface area (Å²) in [5.74, 6) is 0.196. The zero-order chi connectivity index (χ0) is 30.5. The molecule has 4 aromatic rings. The lowest BCUT2D eigenvalue weighted by molar-refractivity contribution is -0.132. The second-order valence-corrected chi connectivity index (χ2v) is 11.9. The number of aliphatic hydroxyl groups excluding tert-OH is 1. The van der Waals surface area contributed by atoms with E-state index in [2.05, 4.69) is 10.2 Å². The van der Waals surface area contributed by atoms with Crippen molar-refractivity contribution < 1.29 is 28.9 Å². The van der Waals surface area contributed by atoms with E-state index in [4.69, 9.17) is 25.8 Å². The first-order valence-electron chi connectivity index (χ1n) is 13.4. The van der Waals surface area contributed by atoms with Crippen molar-refractivity contribution in [2.45, 2.75) is 30.0 Å². The third-order valence-electron chi connectivity index (χ3n) is 6.57. The molecule has 9 nitrogen and oxygen atoms in total. The summed E-state index contributed by atoms with van der Waals surface area (Å²) in [6.45, 7) is 4.52. The Labute approximate surface area is 262 Å². The van der Waals surface area contributed by atoms with E-state index < -0.39 is 17.7 Å². The van der Waals surface area contributed by atoms with Crippen LogP contribution in [0.2, 0.25) is 5.02 Å². The molecular formula is C31H28ClN3O6S2. The van der Waals surface area contributed by atoms with E-state index >= 15 is 0 Å². The first-order valence-corrected chi connectivity index (χ1v) is 15.6. The zero-order valence-electron chi connectivity index (χ0n) is 23.6. The van der Waals surface area contributed by atoms with Crippen LogP contribution < -0.4 is 19.1 Å². The van der Waals surface area contributed by atoms with Gasteiger partial charge in [-0.25, -0.2) is 0 Å². The van der Waals surface area contributed by atoms with E-state index in [0.717, 1.165) is 5.56 Å². The van der Waals surface area contributed by atoms with E-state index in [-0.39, 0.29) is 16.5 Å². The second kappa shape index (κ2) is 13.5. The molecule has 3 aromatic carbocycles. The highest BCUT2D eigenvalue weighted by Gasteiger charge is 2.48. The Morgan fingerprint density at radius 3 is 2.35 bits per heavy atom. The molecule has 43 heavy (non-hydrogen) atoms. The Morgan fingerprint density at radius 1 is 0.977 bits per heavy atom. The summed E-state index contributed by atoms with van der Waals surface area (Å²) in [6, 6.07) is 18.3. The number of Topliss-reactive ketones (excluding diaryl/α,β-unsaturated/α-hetero) is 1. The number of ether oxygens (including phenoxy) is 3. The second-order valence-electron chi connectivity index (χ2n) is 9.24. The summed E-state index contributed by atoms with van der Waals surface area (Å²) in [5.41, 5.74) is 1.86. The first-order chi connectivity index (χ1) is 20.8. The van der Waals surface area contributed by atoms with Gasteiger partial charge in [0.1, 0.15) is 11.5 Å². The van der Waals surface area contributed by atoms with Crippen LogP contribution in [-0.2, 0) is 15.3 Å². The molecule has 222 valence electrons. The molecule has 0 aliphatic carbocycles. The minimum atomic E-state index is -1.00. The quantitative estimate of drug-likeness (QED) is 0.0616. The Bertz CT molecular complexity index is 1660. The SMILES string of the molecule is CCOc1ccc(C2C(=C(O)c3ccc(OC)cc3)C(=O)C(=O)N2c2nnc(SCc3ccc(Cl)cc3)s2)cc1OCC. The number of rotatable bonds is 11. The number of hydrogen-bond donors (Lipinski definition) is 1. The number of halogens is 1. The van der Waals surface area contributed by atoms with Crippen LogP contribution in [0, 0.1) is 0 Å². The van der Waals surface area contributed by atoms with Crippen molar-refractivity contribution in [1.29, 1.82) is 0 Å². The highest BCUT2D eigenvalue weighted by molar-refractivity contribution is 8.00. The lowest BCUT2D eigenvalue weighted by Crippen LogP contribution is -2.29. The highest BCUT2D eigenvalue weighted by Crippen LogP contribution is 2.45. The molecule has 1 unspecified atom stereocenters. The number of carbonyl (C=O) groups excluding carboxylic acids is 2. The summed E-state index contributed by atoms with van der Waals surface area (Å²) in [6.07, 6.45) is 0. The van der Waals surface area contributed by atoms with Crippen molar-refractivity contribution in [2.24, 2.45) is 0 Å². The van der Waals surface area contributed by atoms with Crippen LogP contribution in [0.15, 0.2) is 76.6 Å². The summed E-state index contributed by atoms with van der Waals surface area (Å²) >= 11 is 8.64. The van der Waals surface area contributed by atoms with Gasteiger partial charge in [-0.2, -0.15) is 0 Å². The fraction of sp³-hybridized carbons (Fsp3) is 0.226. The number of methoxy groups -OCH3 is 1. The zero-order valence-corrected chi connectivity index (χ0v) is 26.0. The fourth-order valence-corrected chi connectivity index (χ4v) is 6.52. The molecular weight excluding hydrogens is 610 g/mol. The van der Waals surface area contributed by atoms with Crippen molar-refractivity contribution in [3.63, 3.8) is 0 Å². The third-order valence-corrected chi connectivity index (χ3v) is 8.95. The minimum Gasteiger partial charge on any atom is -0.507 e. The molecule has 0 spiro atoms. The lowest BCUT2D eigenvalue weighted by atomic mass is 9.95. The predicted molar refractivity (Wildman–Crippen MR) is 167 cm³/mol. The maximum Gasteiger partial charge on any atom is 0.301 e. The molecule has 0 radical (unpaired) electrons. The number of ketones is 1. The minimum absolute atomic E-state index is 0.0765. The van der Waals surface area contributed by atoms with E-state index in [0.29, 0.717) is 56.7 Å². The normalized spacial score (nSPS) is 16.0. The van der Waals surface area contributed by atoms with Crippen LogP contribution in [0.25, 0.3) is 5.76 Å². The van der Waals surface area contributed by atoms with Crippen molar-refractivity contribution in [3.05, 3.63) is 94.0 Å². The van der Waals surface area contributed by atoms with Crippen LogP contribution >= 0.6 is 34.7 Å². The topological polar surface area (TPSA) is 111 Å². The van der Waals surface area contributed by atoms with Crippen molar-refractivity contribution >= 4 is 57.3 Å². The smallest absolute Gasteiger partial charge is 0.301 e. The number of benzene rings is 3. The van der Waals surface area contributed by atoms with Gasteiger partial charge in [-0.05, 0) is 73.5 Å². The van der Waals surface area contributed by atoms with Crippen molar-refractivity contribution in [1.82, 2.24) is 10.2 Å². The van der Waals surface area contributed by atoms with Gasteiger partial charge in [-0.15, -0.1) is 10.2 Å². The van der Waals surface area contributed by atoms with E-state index in [1.807, 2.05) is 38.1 Å². The Balaban J connectivity index is 1.57. The maximum absolute atomic E-state index is 13.6. The fourth-order valence-electron chi connectivity index (χ4n) is 4.57. The van der Waals surface area contributed by atoms with Crippen molar-refractivity contribution in [3.8, 4) is 17.2 Å². The van der Waals surface area contributed by atoms with E-state index in [1.165, 1.54) is 35.1 Å². The van der Waals surface area contributed by atoms with E-state index in [9.17, 15) is 14.7 Å². The van der Waals surface area contributed by atoms with Crippen LogP contribution in [0.1, 0.15) is 36.6 Å². The lowest BCUT2D eigenvalue weighted by Gasteiger charge is -2.23. The number of thioether (sulfide) groups is 1. The van der Waals surface area contributed by atoms with Crippen LogP contribution in [0.3, 0.4) is 0 Å². The molecule has 12 heteroatoms. The van der Waals surface area contributed by atoms with Crippen LogP contribution in [0.5, 0.6) is 17.2 Å². The van der Waals surface area contributed by atoms with Gasteiger partial charge in [0.2, 0.25) is 5.13 Å². The van der Waals surface area contributed by atoms with Crippen LogP contribution in [-0.4, -0.2) is 47.3 Å². The molecule has 5 rings (SSSR count). The van der Waals surface area contributed by atoms with Gasteiger partial charge in [-0.3, -0.25) is 14.5 Å². The van der Waals surface area contributed by atoms with Gasteiger partial charge in [0.25, 0.3) is 5.78 Å². The molecule has 1 fully saturated rings. The summed E-state index contributed by atoms with van der Waals surface area (Å²) < 4.78 is 17.4. The van der Waals surface area contributed by atoms with Gasteiger partial charge in [0.05, 0.1) is 31.9 Å². The Morgan fingerprint density at radius 2 is 1.67 bits per heavy atom. The number of hydrogen-bond acceptors (Lipinski definition) is 10. The molecule has 1 aromatic heterocycles. The number of anilines is 1. The number of amides is 1. The third kappa shape index (κ3) is 6.48. The summed E-state index contributed by atoms with van der Waals surface area (Å²) in [7, 11) is 1.53. The van der Waals surface area contributed by atoms with Gasteiger partial charge in [-0.1, -0.05) is 52.9 Å². The monoisotopic (exact) mass is 637 g/mol. The van der Waals surface area contributed by atoms with Gasteiger partial charge < -0.3 is 19.3 Å². The number of aromatic nitrogens is 2. The van der Waals surface area contributed by atoms with Crippen molar-refractivity contribution in [2.75, 3.05) is 25.2 Å². The molecule has 0 saturated carbocycles. The summed E-state index contributed by atoms with van der Waals surface area (Å²) in [4.78, 5) is 28.5. The summed E-state index contributed by atoms with van der Waals surface area (Å²) in [5, 5.41) is 20.9. The molecule has 1 N–H and O–H groups in total. The maximum atomic E-state index is 13.6. The first kappa shape index (κ1) is 30.4. The average molecular weight is 638 g/mol. The van der Waals surface area contributed by atoms with Gasteiger partial charge in [0.15, 0.2) is 15.8 Å². The standard InChI is InChI=1S/C31H28ClN3O6S2/c1-4-40-23-15-10-20(16-24(23)41-5-2)26-25(27(36)19-8-13-22(39-3)14-9-19)28(37)29(38)35(26)30-33-34-31(43-30)42-17-18-6-11-21(32)12-7-18/h6-16,26,36H,4-5,17H2,1-3H3. The number of nitrogens with zero attached hydrogens (tertiary/aromatic N) is 3. The molecule has 1 amide bonds. The number of carbonyl (C=O) groups is 2. The molecule has 1 aliphatic heterocycles.